The fraction of sp³-hybridized carbons (Fsp3) is 0.263. The van der Waals surface area contributed by atoms with Crippen LogP contribution in [0.1, 0.15) is 6.42 Å². The van der Waals surface area contributed by atoms with E-state index in [1.807, 2.05) is 0 Å². The van der Waals surface area contributed by atoms with Crippen LogP contribution in [0, 0.1) is 0 Å². The summed E-state index contributed by atoms with van der Waals surface area (Å²) in [6.07, 6.45) is 0.220. The molecule has 0 unspecified atom stereocenters. The topological polar surface area (TPSA) is 67.9 Å². The van der Waals surface area contributed by atoms with Crippen molar-refractivity contribution in [2.24, 2.45) is 0 Å². The van der Waals surface area contributed by atoms with Gasteiger partial charge in [0.1, 0.15) is 11.5 Å². The SMILES string of the molecule is CN(C)C(=O)COc1ccc(NC(=O)CCOc2ccc(Cl)cc2)cc1. The molecular weight excluding hydrogens is 356 g/mol. The van der Waals surface area contributed by atoms with E-state index in [4.69, 9.17) is 21.1 Å². The standard InChI is InChI=1S/C19H21ClN2O4/c1-22(2)19(24)13-26-17-9-5-15(6-10-17)21-18(23)11-12-25-16-7-3-14(20)4-8-16/h3-10H,11-13H2,1-2H3,(H,21,23). The number of rotatable bonds is 8. The van der Waals surface area contributed by atoms with Gasteiger partial charge in [0.15, 0.2) is 6.61 Å². The number of anilines is 1. The van der Waals surface area contributed by atoms with E-state index in [2.05, 4.69) is 5.32 Å². The molecule has 0 aliphatic heterocycles. The quantitative estimate of drug-likeness (QED) is 0.768. The van der Waals surface area contributed by atoms with Crippen molar-refractivity contribution in [2.75, 3.05) is 32.6 Å². The molecular formula is C19H21ClN2O4. The molecule has 0 bridgehead atoms. The average Bonchev–Trinajstić information content (AvgIpc) is 2.62. The molecule has 2 aromatic rings. The summed E-state index contributed by atoms with van der Waals surface area (Å²) in [7, 11) is 3.34. The van der Waals surface area contributed by atoms with Crippen molar-refractivity contribution in [3.63, 3.8) is 0 Å². The fourth-order valence-electron chi connectivity index (χ4n) is 1.92. The lowest BCUT2D eigenvalue weighted by Crippen LogP contribution is -2.27. The van der Waals surface area contributed by atoms with Crippen LogP contribution in [0.15, 0.2) is 48.5 Å². The Balaban J connectivity index is 1.73. The average molecular weight is 377 g/mol. The van der Waals surface area contributed by atoms with Crippen LogP contribution in [0.5, 0.6) is 11.5 Å². The zero-order valence-electron chi connectivity index (χ0n) is 14.7. The van der Waals surface area contributed by atoms with Gasteiger partial charge in [-0.15, -0.1) is 0 Å². The van der Waals surface area contributed by atoms with Crippen LogP contribution in [0.2, 0.25) is 5.02 Å². The number of halogens is 1. The number of amides is 2. The van der Waals surface area contributed by atoms with Crippen LogP contribution in [0.25, 0.3) is 0 Å². The zero-order chi connectivity index (χ0) is 18.9. The van der Waals surface area contributed by atoms with Crippen LogP contribution in [-0.2, 0) is 9.59 Å². The lowest BCUT2D eigenvalue weighted by molar-refractivity contribution is -0.130. The maximum atomic E-state index is 11.9. The van der Waals surface area contributed by atoms with Crippen molar-refractivity contribution < 1.29 is 19.1 Å². The third-order valence-electron chi connectivity index (χ3n) is 3.41. The summed E-state index contributed by atoms with van der Waals surface area (Å²) >= 11 is 5.80. The Morgan fingerprint density at radius 3 is 2.15 bits per heavy atom. The largest absolute Gasteiger partial charge is 0.493 e. The van der Waals surface area contributed by atoms with Gasteiger partial charge in [-0.05, 0) is 48.5 Å². The predicted octanol–water partition coefficient (Wildman–Crippen LogP) is 3.21. The number of nitrogens with one attached hydrogen (secondary N) is 1. The maximum Gasteiger partial charge on any atom is 0.259 e. The van der Waals surface area contributed by atoms with Crippen molar-refractivity contribution in [1.29, 1.82) is 0 Å². The summed E-state index contributed by atoms with van der Waals surface area (Å²) in [4.78, 5) is 24.9. The normalized spacial score (nSPS) is 10.1. The molecule has 1 N–H and O–H groups in total. The molecule has 2 rings (SSSR count). The van der Waals surface area contributed by atoms with Crippen LogP contribution < -0.4 is 14.8 Å². The summed E-state index contributed by atoms with van der Waals surface area (Å²) in [6.45, 7) is 0.238. The van der Waals surface area contributed by atoms with Crippen LogP contribution in [-0.4, -0.2) is 44.0 Å². The highest BCUT2D eigenvalue weighted by Gasteiger charge is 2.06. The Bertz CT molecular complexity index is 730. The van der Waals surface area contributed by atoms with E-state index >= 15 is 0 Å². The lowest BCUT2D eigenvalue weighted by atomic mass is 10.3. The predicted molar refractivity (Wildman–Crippen MR) is 101 cm³/mol. The van der Waals surface area contributed by atoms with Crippen molar-refractivity contribution in [1.82, 2.24) is 4.90 Å². The highest BCUT2D eigenvalue weighted by molar-refractivity contribution is 6.30. The molecule has 0 atom stereocenters. The van der Waals surface area contributed by atoms with Gasteiger partial charge in [-0.3, -0.25) is 9.59 Å². The minimum Gasteiger partial charge on any atom is -0.493 e. The van der Waals surface area contributed by atoms with Crippen molar-refractivity contribution in [3.05, 3.63) is 53.6 Å². The monoisotopic (exact) mass is 376 g/mol. The first-order chi connectivity index (χ1) is 12.4. The summed E-state index contributed by atoms with van der Waals surface area (Å²) in [6, 6.07) is 13.8. The molecule has 6 nitrogen and oxygen atoms in total. The van der Waals surface area contributed by atoms with E-state index in [-0.39, 0.29) is 31.4 Å². The van der Waals surface area contributed by atoms with Gasteiger partial charge in [0.25, 0.3) is 5.91 Å². The highest BCUT2D eigenvalue weighted by Crippen LogP contribution is 2.17. The van der Waals surface area contributed by atoms with Gasteiger partial charge < -0.3 is 19.7 Å². The zero-order valence-corrected chi connectivity index (χ0v) is 15.5. The Morgan fingerprint density at radius 2 is 1.54 bits per heavy atom. The van der Waals surface area contributed by atoms with E-state index in [1.54, 1.807) is 62.6 Å². The molecule has 26 heavy (non-hydrogen) atoms. The molecule has 2 amide bonds. The van der Waals surface area contributed by atoms with Crippen molar-refractivity contribution in [3.8, 4) is 11.5 Å². The number of ether oxygens (including phenoxy) is 2. The third kappa shape index (κ3) is 6.64. The Morgan fingerprint density at radius 1 is 0.962 bits per heavy atom. The summed E-state index contributed by atoms with van der Waals surface area (Å²) in [5.74, 6) is 0.943. The number of likely N-dealkylation sites (N-methyl/N-ethyl adjacent to an activating group) is 1. The summed E-state index contributed by atoms with van der Waals surface area (Å²) in [5, 5.41) is 3.41. The molecule has 7 heteroatoms. The molecule has 0 saturated carbocycles. The number of hydrogen-bond donors (Lipinski definition) is 1. The number of nitrogens with zero attached hydrogens (tertiary/aromatic N) is 1. The first-order valence-corrected chi connectivity index (χ1v) is 8.43. The van der Waals surface area contributed by atoms with Gasteiger partial charge in [-0.1, -0.05) is 11.6 Å². The van der Waals surface area contributed by atoms with Crippen LogP contribution in [0.3, 0.4) is 0 Å². The minimum atomic E-state index is -0.157. The Labute approximate surface area is 157 Å². The highest BCUT2D eigenvalue weighted by atomic mass is 35.5. The second-order valence-corrected chi connectivity index (χ2v) is 6.14. The van der Waals surface area contributed by atoms with Gasteiger partial charge in [-0.25, -0.2) is 0 Å². The minimum absolute atomic E-state index is 0.0270. The second-order valence-electron chi connectivity index (χ2n) is 5.70. The number of benzene rings is 2. The van der Waals surface area contributed by atoms with E-state index in [9.17, 15) is 9.59 Å². The van der Waals surface area contributed by atoms with E-state index in [0.29, 0.717) is 22.2 Å². The molecule has 0 spiro atoms. The van der Waals surface area contributed by atoms with Gasteiger partial charge >= 0.3 is 0 Å². The summed E-state index contributed by atoms with van der Waals surface area (Å²) < 4.78 is 10.9. The van der Waals surface area contributed by atoms with Gasteiger partial charge in [0.2, 0.25) is 5.91 Å². The van der Waals surface area contributed by atoms with Gasteiger partial charge in [-0.2, -0.15) is 0 Å². The first kappa shape index (κ1) is 19.6. The van der Waals surface area contributed by atoms with Crippen molar-refractivity contribution >= 4 is 29.1 Å². The van der Waals surface area contributed by atoms with Crippen molar-refractivity contribution in [2.45, 2.75) is 6.42 Å². The van der Waals surface area contributed by atoms with E-state index in [0.717, 1.165) is 0 Å². The number of carbonyl (C=O) groups is 2. The number of carbonyl (C=O) groups excluding carboxylic acids is 2. The van der Waals surface area contributed by atoms with E-state index in [1.165, 1.54) is 4.90 Å². The third-order valence-corrected chi connectivity index (χ3v) is 3.66. The molecule has 0 fully saturated rings. The molecule has 2 aromatic carbocycles. The molecule has 0 aromatic heterocycles. The molecule has 0 radical (unpaired) electrons. The van der Waals surface area contributed by atoms with Crippen LogP contribution in [0.4, 0.5) is 5.69 Å². The molecule has 0 aliphatic carbocycles. The second kappa shape index (κ2) is 9.68. The summed E-state index contributed by atoms with van der Waals surface area (Å²) in [5.41, 5.74) is 0.646. The molecule has 138 valence electrons. The fourth-order valence-corrected chi connectivity index (χ4v) is 2.05. The first-order valence-electron chi connectivity index (χ1n) is 8.05. The van der Waals surface area contributed by atoms with E-state index < -0.39 is 0 Å². The Hall–Kier alpha value is -2.73. The maximum absolute atomic E-state index is 11.9. The molecule has 0 saturated heterocycles. The molecule has 0 aliphatic rings. The smallest absolute Gasteiger partial charge is 0.259 e. The molecule has 0 heterocycles. The van der Waals surface area contributed by atoms with Crippen LogP contribution >= 0.6 is 11.6 Å². The van der Waals surface area contributed by atoms with Gasteiger partial charge in [0, 0.05) is 24.8 Å². The van der Waals surface area contributed by atoms with Gasteiger partial charge in [0.05, 0.1) is 13.0 Å². The lowest BCUT2D eigenvalue weighted by Gasteiger charge is -2.12. The Kier molecular flexibility index (Phi) is 7.29. The number of hydrogen-bond acceptors (Lipinski definition) is 4.